The molecule has 2 aromatic heterocycles. The van der Waals surface area contributed by atoms with Gasteiger partial charge in [-0.3, -0.25) is 19.5 Å². The number of H-pyrrole nitrogens is 1. The van der Waals surface area contributed by atoms with Crippen molar-refractivity contribution in [2.75, 3.05) is 7.11 Å². The molecule has 2 heterocycles. The minimum Gasteiger partial charge on any atom is -0.469 e. The molecule has 0 saturated heterocycles. The zero-order valence-electron chi connectivity index (χ0n) is 16.0. The van der Waals surface area contributed by atoms with E-state index in [0.717, 1.165) is 17.7 Å². The molecule has 29 heavy (non-hydrogen) atoms. The number of carbonyl (C=O) groups is 2. The molecule has 7 nitrogen and oxygen atoms in total. The third kappa shape index (κ3) is 4.32. The van der Waals surface area contributed by atoms with Crippen LogP contribution < -0.4 is 5.56 Å². The Morgan fingerprint density at radius 3 is 2.62 bits per heavy atom. The van der Waals surface area contributed by atoms with Gasteiger partial charge in [0.2, 0.25) is 0 Å². The summed E-state index contributed by atoms with van der Waals surface area (Å²) in [5.74, 6) is -0.428. The van der Waals surface area contributed by atoms with Crippen molar-refractivity contribution in [2.45, 2.75) is 31.8 Å². The van der Waals surface area contributed by atoms with E-state index in [4.69, 9.17) is 0 Å². The van der Waals surface area contributed by atoms with Gasteiger partial charge in [-0.2, -0.15) is 0 Å². The molecule has 150 valence electrons. The van der Waals surface area contributed by atoms with Gasteiger partial charge in [0.05, 0.1) is 25.8 Å². The van der Waals surface area contributed by atoms with Crippen LogP contribution in [0.15, 0.2) is 52.6 Å². The quantitative estimate of drug-likeness (QED) is 0.606. The van der Waals surface area contributed by atoms with Gasteiger partial charge in [-0.15, -0.1) is 11.3 Å². The van der Waals surface area contributed by atoms with Crippen molar-refractivity contribution in [1.29, 1.82) is 0 Å². The topological polar surface area (TPSA) is 84.4 Å². The highest BCUT2D eigenvalue weighted by atomic mass is 32.1. The van der Waals surface area contributed by atoms with Gasteiger partial charge in [0.15, 0.2) is 0 Å². The highest BCUT2D eigenvalue weighted by molar-refractivity contribution is 7.09. The average molecular weight is 411 g/mol. The number of ether oxygens (including phenoxy) is 1. The van der Waals surface area contributed by atoms with Crippen LogP contribution in [-0.4, -0.2) is 39.7 Å². The van der Waals surface area contributed by atoms with Crippen LogP contribution in [0.1, 0.15) is 33.8 Å². The summed E-state index contributed by atoms with van der Waals surface area (Å²) in [6.45, 7) is 0.621. The fourth-order valence-electron chi connectivity index (χ4n) is 3.20. The Morgan fingerprint density at radius 1 is 1.24 bits per heavy atom. The molecule has 0 atom stereocenters. The van der Waals surface area contributed by atoms with Gasteiger partial charge in [-0.1, -0.05) is 6.07 Å². The Hall–Kier alpha value is -3.13. The number of nitrogens with one attached hydrogen (secondary N) is 1. The average Bonchev–Trinajstić information content (AvgIpc) is 3.31. The maximum atomic E-state index is 13.0. The molecule has 8 heteroatoms. The minimum atomic E-state index is -0.426. The van der Waals surface area contributed by atoms with E-state index in [-0.39, 0.29) is 17.9 Å². The molecule has 1 aromatic carbocycles. The van der Waals surface area contributed by atoms with Crippen LogP contribution >= 0.6 is 11.3 Å². The monoisotopic (exact) mass is 411 g/mol. The van der Waals surface area contributed by atoms with Crippen molar-refractivity contribution in [3.05, 3.63) is 74.3 Å². The zero-order valence-corrected chi connectivity index (χ0v) is 16.8. The van der Waals surface area contributed by atoms with Gasteiger partial charge in [0, 0.05) is 28.2 Å². The number of esters is 1. The largest absolute Gasteiger partial charge is 0.469 e. The van der Waals surface area contributed by atoms with Crippen LogP contribution in [0.2, 0.25) is 0 Å². The van der Waals surface area contributed by atoms with Crippen molar-refractivity contribution in [2.24, 2.45) is 0 Å². The molecule has 0 aliphatic heterocycles. The lowest BCUT2D eigenvalue weighted by Gasteiger charge is -2.22. The lowest BCUT2D eigenvalue weighted by Crippen LogP contribution is -2.32. The van der Waals surface area contributed by atoms with Crippen LogP contribution in [0.5, 0.6) is 0 Å². The first kappa shape index (κ1) is 19.2. The van der Waals surface area contributed by atoms with Crippen LogP contribution in [0.4, 0.5) is 0 Å². The summed E-state index contributed by atoms with van der Waals surface area (Å²) in [5, 5.41) is 4.92. The van der Waals surface area contributed by atoms with E-state index >= 15 is 0 Å². The second-order valence-electron chi connectivity index (χ2n) is 7.00. The van der Waals surface area contributed by atoms with E-state index < -0.39 is 5.97 Å². The Kier molecular flexibility index (Phi) is 5.35. The van der Waals surface area contributed by atoms with Crippen LogP contribution in [-0.2, 0) is 22.5 Å². The molecule has 1 N–H and O–H groups in total. The van der Waals surface area contributed by atoms with Crippen LogP contribution in [0.25, 0.3) is 5.69 Å². The van der Waals surface area contributed by atoms with Gasteiger partial charge in [-0.05, 0) is 48.6 Å². The SMILES string of the molecule is COC(=O)Cc1cc(=O)n(-c2ccc(C(=O)N(Cc3cccs3)C3CC3)cc2)[nH]1. The molecule has 1 aliphatic carbocycles. The fraction of sp³-hybridized carbons (Fsp3) is 0.286. The number of benzene rings is 1. The molecule has 0 bridgehead atoms. The summed E-state index contributed by atoms with van der Waals surface area (Å²) < 4.78 is 5.97. The number of aromatic amines is 1. The van der Waals surface area contributed by atoms with Gasteiger partial charge in [-0.25, -0.2) is 4.68 Å². The van der Waals surface area contributed by atoms with E-state index in [0.29, 0.717) is 29.5 Å². The first-order valence-electron chi connectivity index (χ1n) is 9.36. The van der Waals surface area contributed by atoms with E-state index in [9.17, 15) is 14.4 Å². The molecule has 4 rings (SSSR count). The highest BCUT2D eigenvalue weighted by Crippen LogP contribution is 2.30. The molecule has 1 fully saturated rings. The molecule has 1 saturated carbocycles. The Balaban J connectivity index is 1.52. The van der Waals surface area contributed by atoms with Gasteiger partial charge < -0.3 is 9.64 Å². The maximum absolute atomic E-state index is 13.0. The number of nitrogens with zero attached hydrogens (tertiary/aromatic N) is 2. The molecule has 0 unspecified atom stereocenters. The fourth-order valence-corrected chi connectivity index (χ4v) is 3.90. The number of methoxy groups -OCH3 is 1. The summed E-state index contributed by atoms with van der Waals surface area (Å²) in [6.07, 6.45) is 2.07. The van der Waals surface area contributed by atoms with Crippen molar-refractivity contribution < 1.29 is 14.3 Å². The molecule has 0 spiro atoms. The van der Waals surface area contributed by atoms with Crippen molar-refractivity contribution >= 4 is 23.2 Å². The van der Waals surface area contributed by atoms with Crippen molar-refractivity contribution in [3.8, 4) is 5.69 Å². The predicted octanol–water partition coefficient (Wildman–Crippen LogP) is 2.75. The summed E-state index contributed by atoms with van der Waals surface area (Å²) in [7, 11) is 1.30. The van der Waals surface area contributed by atoms with E-state index in [1.165, 1.54) is 17.9 Å². The number of rotatable bonds is 7. The molecular formula is C21H21N3O4S. The number of carbonyl (C=O) groups excluding carboxylic acids is 2. The first-order valence-corrected chi connectivity index (χ1v) is 10.2. The van der Waals surface area contributed by atoms with E-state index in [2.05, 4.69) is 9.84 Å². The number of hydrogen-bond donors (Lipinski definition) is 1. The molecule has 0 radical (unpaired) electrons. The zero-order chi connectivity index (χ0) is 20.4. The number of aromatic nitrogens is 2. The van der Waals surface area contributed by atoms with Crippen LogP contribution in [0, 0.1) is 0 Å². The lowest BCUT2D eigenvalue weighted by atomic mass is 10.1. The predicted molar refractivity (Wildman–Crippen MR) is 109 cm³/mol. The summed E-state index contributed by atoms with van der Waals surface area (Å²) in [4.78, 5) is 39.7. The summed E-state index contributed by atoms with van der Waals surface area (Å²) in [6, 6.07) is 12.6. The third-order valence-electron chi connectivity index (χ3n) is 4.86. The smallest absolute Gasteiger partial charge is 0.311 e. The van der Waals surface area contributed by atoms with E-state index in [1.54, 1.807) is 35.6 Å². The maximum Gasteiger partial charge on any atom is 0.311 e. The second-order valence-corrected chi connectivity index (χ2v) is 8.03. The van der Waals surface area contributed by atoms with Gasteiger partial charge in [0.1, 0.15) is 0 Å². The van der Waals surface area contributed by atoms with Crippen LogP contribution in [0.3, 0.4) is 0 Å². The normalized spacial score (nSPS) is 13.3. The Bertz CT molecular complexity index is 1060. The summed E-state index contributed by atoms with van der Waals surface area (Å²) in [5.41, 5.74) is 1.38. The highest BCUT2D eigenvalue weighted by Gasteiger charge is 2.33. The number of amides is 1. The lowest BCUT2D eigenvalue weighted by molar-refractivity contribution is -0.139. The Morgan fingerprint density at radius 2 is 2.00 bits per heavy atom. The standard InChI is InChI=1S/C21H21N3O4S/c1-28-20(26)12-15-11-19(25)24(22-15)17-6-4-14(5-7-17)21(27)23(16-8-9-16)13-18-3-2-10-29-18/h2-7,10-11,16,22H,8-9,12-13H2,1H3. The molecule has 1 aliphatic rings. The molecule has 1 amide bonds. The van der Waals surface area contributed by atoms with Gasteiger partial charge >= 0.3 is 5.97 Å². The Labute approximate surface area is 171 Å². The second kappa shape index (κ2) is 8.08. The summed E-state index contributed by atoms with van der Waals surface area (Å²) >= 11 is 1.65. The van der Waals surface area contributed by atoms with Crippen molar-refractivity contribution in [1.82, 2.24) is 14.7 Å². The van der Waals surface area contributed by atoms with E-state index in [1.807, 2.05) is 22.4 Å². The van der Waals surface area contributed by atoms with Gasteiger partial charge in [0.25, 0.3) is 11.5 Å². The first-order chi connectivity index (χ1) is 14.0. The van der Waals surface area contributed by atoms with Crippen molar-refractivity contribution in [3.63, 3.8) is 0 Å². The minimum absolute atomic E-state index is 0.00216. The molecular weight excluding hydrogens is 390 g/mol. The third-order valence-corrected chi connectivity index (χ3v) is 5.72. The number of hydrogen-bond acceptors (Lipinski definition) is 5. The number of thiophene rings is 1. The molecule has 3 aromatic rings.